The van der Waals surface area contributed by atoms with Crippen molar-refractivity contribution in [2.24, 2.45) is 17.8 Å². The first-order valence-corrected chi connectivity index (χ1v) is 16.5. The molecule has 0 bridgehead atoms. The number of hydrogen-bond acceptors (Lipinski definition) is 9. The largest absolute Gasteiger partial charge is 0.508 e. The number of nitrogens with zero attached hydrogens (tertiary/aromatic N) is 2. The Morgan fingerprint density at radius 1 is 0.815 bits per heavy atom. The lowest BCUT2D eigenvalue weighted by molar-refractivity contribution is -0.125. The Balaban J connectivity index is 1.46. The summed E-state index contributed by atoms with van der Waals surface area (Å²) in [5.74, 6) is -26.7. The zero-order valence-electron chi connectivity index (χ0n) is 27.4. The van der Waals surface area contributed by atoms with E-state index in [1.165, 1.54) is 6.08 Å². The molecule has 54 heavy (non-hydrogen) atoms. The summed E-state index contributed by atoms with van der Waals surface area (Å²) in [6, 6.07) is 5.08. The van der Waals surface area contributed by atoms with Crippen LogP contribution in [-0.4, -0.2) is 68.9 Å². The number of phenols is 2. The number of benzene rings is 3. The third-order valence-corrected chi connectivity index (χ3v) is 11.9. The van der Waals surface area contributed by atoms with Gasteiger partial charge in [-0.1, -0.05) is 11.6 Å². The van der Waals surface area contributed by atoms with Crippen LogP contribution in [0, 0.1) is 46.8 Å². The Morgan fingerprint density at radius 3 is 1.93 bits per heavy atom. The van der Waals surface area contributed by atoms with Crippen molar-refractivity contribution in [3.8, 4) is 23.0 Å². The number of carboxylic acid groups (broad SMARTS) is 1. The van der Waals surface area contributed by atoms with Crippen molar-refractivity contribution in [2.75, 3.05) is 24.0 Å². The van der Waals surface area contributed by atoms with Gasteiger partial charge in [0, 0.05) is 29.7 Å². The highest BCUT2D eigenvalue weighted by Gasteiger charge is 2.77. The number of aromatic hydroxyl groups is 2. The summed E-state index contributed by atoms with van der Waals surface area (Å²) < 4.78 is 84.8. The molecule has 0 aromatic heterocycles. The predicted octanol–water partition coefficient (Wildman–Crippen LogP) is 5.28. The molecule has 0 spiro atoms. The van der Waals surface area contributed by atoms with Crippen molar-refractivity contribution >= 4 is 64.2 Å². The van der Waals surface area contributed by atoms with Gasteiger partial charge in [-0.2, -0.15) is 0 Å². The molecular weight excluding hydrogens is 774 g/mol. The van der Waals surface area contributed by atoms with Crippen LogP contribution in [0.15, 0.2) is 42.0 Å². The number of fused-ring (bicyclic) bond motifs is 4. The first-order chi connectivity index (χ1) is 25.4. The number of methoxy groups -OCH3 is 2. The minimum Gasteiger partial charge on any atom is -0.508 e. The van der Waals surface area contributed by atoms with E-state index >= 15 is 8.78 Å². The first kappa shape index (κ1) is 36.9. The number of alkyl halides is 2. The summed E-state index contributed by atoms with van der Waals surface area (Å²) in [7, 11) is 2.28. The Labute approximate surface area is 309 Å². The van der Waals surface area contributed by atoms with E-state index in [2.05, 4.69) is 0 Å². The fourth-order valence-electron chi connectivity index (χ4n) is 8.19. The van der Waals surface area contributed by atoms with Crippen LogP contribution in [0.25, 0.3) is 0 Å². The van der Waals surface area contributed by atoms with Gasteiger partial charge < -0.3 is 24.8 Å². The molecule has 2 aliphatic carbocycles. The third kappa shape index (κ3) is 4.63. The minimum absolute atomic E-state index is 0.0669. The first-order valence-electron chi connectivity index (χ1n) is 15.7. The molecule has 2 saturated heterocycles. The topological polar surface area (TPSA) is 171 Å². The molecule has 2 aliphatic heterocycles. The second-order valence-corrected chi connectivity index (χ2v) is 14.2. The summed E-state index contributed by atoms with van der Waals surface area (Å²) in [5.41, 5.74) is -2.82. The maximum atomic E-state index is 15.3. The van der Waals surface area contributed by atoms with Crippen molar-refractivity contribution in [1.29, 1.82) is 0 Å². The highest BCUT2D eigenvalue weighted by atomic mass is 35.5. The number of carbonyl (C=O) groups is 5. The van der Waals surface area contributed by atoms with Crippen LogP contribution in [0.3, 0.4) is 0 Å². The van der Waals surface area contributed by atoms with E-state index in [0.29, 0.717) is 4.90 Å². The quantitative estimate of drug-likeness (QED) is 0.0745. The molecule has 0 radical (unpaired) electrons. The predicted molar refractivity (Wildman–Crippen MR) is 175 cm³/mol. The molecule has 12 nitrogen and oxygen atoms in total. The van der Waals surface area contributed by atoms with E-state index in [0.717, 1.165) is 44.6 Å². The summed E-state index contributed by atoms with van der Waals surface area (Å²) in [6.45, 7) is 0. The van der Waals surface area contributed by atoms with Gasteiger partial charge in [-0.05, 0) is 30.9 Å². The lowest BCUT2D eigenvalue weighted by Gasteiger charge is -2.51. The number of carbonyl (C=O) groups excluding carboxylic acids is 4. The smallest absolute Gasteiger partial charge is 0.339 e. The molecular formula is C35H23Cl2F5N2O10. The number of allylic oxidation sites excluding steroid dienone is 2. The maximum absolute atomic E-state index is 15.3. The molecule has 1 saturated carbocycles. The minimum atomic E-state index is -2.90. The molecule has 3 N–H and O–H groups in total. The fourth-order valence-corrected chi connectivity index (χ4v) is 9.11. The second kappa shape index (κ2) is 12.3. The summed E-state index contributed by atoms with van der Waals surface area (Å²) >= 11 is 14.3. The number of carboxylic acids is 1. The zero-order chi connectivity index (χ0) is 39.5. The maximum Gasteiger partial charge on any atom is 0.339 e. The van der Waals surface area contributed by atoms with Crippen LogP contribution in [0.2, 0.25) is 0 Å². The van der Waals surface area contributed by atoms with E-state index in [4.69, 9.17) is 32.7 Å². The normalized spacial score (nSPS) is 27.5. The molecule has 19 heteroatoms. The number of imide groups is 2. The highest BCUT2D eigenvalue weighted by Crippen LogP contribution is 2.68. The van der Waals surface area contributed by atoms with Gasteiger partial charge >= 0.3 is 5.97 Å². The number of ether oxygens (including phenoxy) is 2. The molecule has 4 aliphatic rings. The van der Waals surface area contributed by atoms with Gasteiger partial charge in [0.2, 0.25) is 17.6 Å². The van der Waals surface area contributed by atoms with Crippen LogP contribution in [0.4, 0.5) is 33.3 Å². The Kier molecular flexibility index (Phi) is 8.42. The second-order valence-electron chi connectivity index (χ2n) is 13.0. The summed E-state index contributed by atoms with van der Waals surface area (Å²) in [5, 5.41) is 30.1. The average Bonchev–Trinajstić information content (AvgIpc) is 3.47. The number of amides is 4. The standard InChI is InChI=1S/C35H23Cl2F5N2O10/c1-53-18-8-12(45)9-19(54-2)21(18)22-13-5-6-15-20(30(48)43(29(15)47)11-3-4-14(31(49)50)17(46)7-11)16(13)10-34(36)32(51)44(33(52)35(22,34)37)28-26(41)24(39)23(38)25(40)27(28)42/h3-5,7-9,15-16,20,22,45-46H,6,10H2,1-2H3,(H,49,50). The van der Waals surface area contributed by atoms with Crippen molar-refractivity contribution in [3.05, 3.63) is 82.2 Å². The van der Waals surface area contributed by atoms with Gasteiger partial charge in [0.25, 0.3) is 11.8 Å². The third-order valence-electron chi connectivity index (χ3n) is 10.5. The molecule has 7 rings (SSSR count). The van der Waals surface area contributed by atoms with Crippen molar-refractivity contribution in [3.63, 3.8) is 0 Å². The van der Waals surface area contributed by atoms with Crippen molar-refractivity contribution < 1.29 is 70.7 Å². The monoisotopic (exact) mass is 796 g/mol. The van der Waals surface area contributed by atoms with Gasteiger partial charge in [-0.15, -0.1) is 23.2 Å². The van der Waals surface area contributed by atoms with E-state index in [-0.39, 0.29) is 39.6 Å². The number of hydrogen-bond donors (Lipinski definition) is 3. The van der Waals surface area contributed by atoms with Gasteiger partial charge in [0.05, 0.1) is 31.7 Å². The lowest BCUT2D eigenvalue weighted by atomic mass is 9.56. The van der Waals surface area contributed by atoms with Crippen LogP contribution in [0.5, 0.6) is 23.0 Å². The Bertz CT molecular complexity index is 2250. The van der Waals surface area contributed by atoms with Crippen LogP contribution in [0.1, 0.15) is 34.7 Å². The molecule has 4 amide bonds. The fraction of sp³-hybridized carbons (Fsp3) is 0.286. The van der Waals surface area contributed by atoms with Crippen LogP contribution >= 0.6 is 23.2 Å². The number of rotatable bonds is 6. The molecule has 3 fully saturated rings. The Morgan fingerprint density at radius 2 is 1.39 bits per heavy atom. The van der Waals surface area contributed by atoms with Gasteiger partial charge in [-0.3, -0.25) is 19.2 Å². The Hall–Kier alpha value is -5.42. The number of phenolic OH excluding ortho intramolecular Hbond substituents is 1. The van der Waals surface area contributed by atoms with Gasteiger partial charge in [0.1, 0.15) is 34.2 Å². The van der Waals surface area contributed by atoms with E-state index in [1.807, 2.05) is 0 Å². The molecule has 2 heterocycles. The summed E-state index contributed by atoms with van der Waals surface area (Å²) in [4.78, 5) is 63.2. The zero-order valence-corrected chi connectivity index (χ0v) is 28.9. The van der Waals surface area contributed by atoms with E-state index in [9.17, 15) is 52.5 Å². The number of aromatic carboxylic acids is 1. The van der Waals surface area contributed by atoms with Crippen molar-refractivity contribution in [1.82, 2.24) is 0 Å². The molecule has 282 valence electrons. The van der Waals surface area contributed by atoms with E-state index < -0.39 is 121 Å². The average molecular weight is 797 g/mol. The van der Waals surface area contributed by atoms with Gasteiger partial charge in [-0.25, -0.2) is 36.5 Å². The van der Waals surface area contributed by atoms with Crippen molar-refractivity contribution in [2.45, 2.75) is 28.5 Å². The van der Waals surface area contributed by atoms with Gasteiger partial charge in [0.15, 0.2) is 33.0 Å². The highest BCUT2D eigenvalue weighted by molar-refractivity contribution is 6.58. The molecule has 3 aromatic carbocycles. The van der Waals surface area contributed by atoms with Crippen LogP contribution < -0.4 is 19.3 Å². The lowest BCUT2D eigenvalue weighted by Crippen LogP contribution is -2.60. The van der Waals surface area contributed by atoms with Crippen LogP contribution in [-0.2, 0) is 19.2 Å². The number of halogens is 7. The molecule has 6 unspecified atom stereocenters. The summed E-state index contributed by atoms with van der Waals surface area (Å²) in [6.07, 6.45) is 0.403. The molecule has 3 aromatic rings. The van der Waals surface area contributed by atoms with E-state index in [1.54, 1.807) is 0 Å². The number of anilines is 2. The SMILES string of the molecule is COc1cc(O)cc(OC)c1C1C2=CCC3C(=O)N(c4ccc(C(=O)O)c(O)c4)C(=O)C3C2CC2(Cl)C(=O)N(c3c(F)c(F)c(F)c(F)c3F)C(=O)C12Cl. The molecule has 6 atom stereocenters.